The van der Waals surface area contributed by atoms with E-state index in [2.05, 4.69) is 0 Å². The summed E-state index contributed by atoms with van der Waals surface area (Å²) >= 11 is 0. The third kappa shape index (κ3) is 2.95. The molecular weight excluding hydrogens is 207 g/mol. The Morgan fingerprint density at radius 1 is 1.50 bits per heavy atom. The van der Waals surface area contributed by atoms with Gasteiger partial charge in [-0.3, -0.25) is 5.41 Å². The zero-order valence-electron chi connectivity index (χ0n) is 9.80. The standard InChI is InChI=1S/C12H17FN2O/c1-4-12(2,3)16-10-6-5-8(13)7-9(10)11(14)15/h5-7H,4H2,1-3H3,(H3,14,15). The van der Waals surface area contributed by atoms with E-state index in [1.165, 1.54) is 18.2 Å². The highest BCUT2D eigenvalue weighted by Gasteiger charge is 2.19. The molecule has 0 heterocycles. The summed E-state index contributed by atoms with van der Waals surface area (Å²) in [6, 6.07) is 4.01. The first-order valence-corrected chi connectivity index (χ1v) is 5.18. The van der Waals surface area contributed by atoms with Crippen molar-refractivity contribution in [1.82, 2.24) is 0 Å². The summed E-state index contributed by atoms with van der Waals surface area (Å²) in [5.74, 6) is -0.172. The minimum absolute atomic E-state index is 0.193. The van der Waals surface area contributed by atoms with E-state index < -0.39 is 5.82 Å². The third-order valence-electron chi connectivity index (χ3n) is 2.47. The van der Waals surface area contributed by atoms with Gasteiger partial charge in [0.05, 0.1) is 5.56 Å². The lowest BCUT2D eigenvalue weighted by atomic mass is 10.1. The van der Waals surface area contributed by atoms with E-state index in [-0.39, 0.29) is 11.4 Å². The van der Waals surface area contributed by atoms with Crippen LogP contribution in [0.5, 0.6) is 5.75 Å². The molecular formula is C12H17FN2O. The van der Waals surface area contributed by atoms with Crippen molar-refractivity contribution in [3.63, 3.8) is 0 Å². The van der Waals surface area contributed by atoms with E-state index in [4.69, 9.17) is 15.9 Å². The number of halogens is 1. The van der Waals surface area contributed by atoms with Crippen LogP contribution in [0.1, 0.15) is 32.8 Å². The maximum atomic E-state index is 13.0. The van der Waals surface area contributed by atoms with Gasteiger partial charge in [0.2, 0.25) is 0 Å². The van der Waals surface area contributed by atoms with Crippen LogP contribution in [0.3, 0.4) is 0 Å². The maximum absolute atomic E-state index is 13.0. The Bertz CT molecular complexity index is 402. The lowest BCUT2D eigenvalue weighted by Crippen LogP contribution is -2.28. The fourth-order valence-corrected chi connectivity index (χ4v) is 1.17. The fourth-order valence-electron chi connectivity index (χ4n) is 1.17. The molecule has 1 rings (SSSR count). The molecule has 0 atom stereocenters. The lowest BCUT2D eigenvalue weighted by Gasteiger charge is -2.26. The Balaban J connectivity index is 3.09. The number of hydrogen-bond donors (Lipinski definition) is 2. The van der Waals surface area contributed by atoms with Crippen LogP contribution >= 0.6 is 0 Å². The van der Waals surface area contributed by atoms with Gasteiger partial charge in [0, 0.05) is 0 Å². The molecule has 1 aromatic rings. The van der Waals surface area contributed by atoms with Crippen molar-refractivity contribution in [2.45, 2.75) is 32.8 Å². The van der Waals surface area contributed by atoms with Crippen LogP contribution < -0.4 is 10.5 Å². The molecule has 88 valence electrons. The molecule has 0 radical (unpaired) electrons. The Kier molecular flexibility index (Phi) is 3.52. The number of nitrogen functional groups attached to an aromatic ring is 1. The summed E-state index contributed by atoms with van der Waals surface area (Å²) in [5, 5.41) is 7.37. The van der Waals surface area contributed by atoms with Crippen LogP contribution in [0.2, 0.25) is 0 Å². The van der Waals surface area contributed by atoms with Gasteiger partial charge in [-0.15, -0.1) is 0 Å². The van der Waals surface area contributed by atoms with Crippen molar-refractivity contribution in [2.24, 2.45) is 5.73 Å². The van der Waals surface area contributed by atoms with Crippen molar-refractivity contribution in [1.29, 1.82) is 5.41 Å². The minimum Gasteiger partial charge on any atom is -0.487 e. The molecule has 0 aliphatic carbocycles. The highest BCUT2D eigenvalue weighted by Crippen LogP contribution is 2.25. The zero-order valence-corrected chi connectivity index (χ0v) is 9.80. The molecule has 0 aliphatic heterocycles. The predicted octanol–water partition coefficient (Wildman–Crippen LogP) is 2.68. The molecule has 0 saturated heterocycles. The molecule has 3 N–H and O–H groups in total. The van der Waals surface area contributed by atoms with Gasteiger partial charge in [-0.25, -0.2) is 4.39 Å². The quantitative estimate of drug-likeness (QED) is 0.610. The van der Waals surface area contributed by atoms with Crippen molar-refractivity contribution in [3.05, 3.63) is 29.6 Å². The van der Waals surface area contributed by atoms with Crippen LogP contribution in [0.25, 0.3) is 0 Å². The van der Waals surface area contributed by atoms with Gasteiger partial charge >= 0.3 is 0 Å². The second-order valence-corrected chi connectivity index (χ2v) is 4.27. The Hall–Kier alpha value is -1.58. The summed E-state index contributed by atoms with van der Waals surface area (Å²) in [6.07, 6.45) is 0.807. The van der Waals surface area contributed by atoms with Gasteiger partial charge in [-0.1, -0.05) is 6.92 Å². The lowest BCUT2D eigenvalue weighted by molar-refractivity contribution is 0.105. The van der Waals surface area contributed by atoms with Gasteiger partial charge in [0.1, 0.15) is 23.0 Å². The Labute approximate surface area is 94.9 Å². The normalized spacial score (nSPS) is 11.2. The highest BCUT2D eigenvalue weighted by atomic mass is 19.1. The van der Waals surface area contributed by atoms with Gasteiger partial charge in [0.15, 0.2) is 0 Å². The average molecular weight is 224 g/mol. The third-order valence-corrected chi connectivity index (χ3v) is 2.47. The van der Waals surface area contributed by atoms with E-state index in [0.29, 0.717) is 11.3 Å². The molecule has 0 fully saturated rings. The first kappa shape index (κ1) is 12.5. The molecule has 0 unspecified atom stereocenters. The Morgan fingerprint density at radius 2 is 2.12 bits per heavy atom. The molecule has 4 heteroatoms. The number of nitrogens with two attached hydrogens (primary N) is 1. The summed E-state index contributed by atoms with van der Waals surface area (Å²) < 4.78 is 18.7. The maximum Gasteiger partial charge on any atom is 0.131 e. The molecule has 3 nitrogen and oxygen atoms in total. The van der Waals surface area contributed by atoms with Crippen molar-refractivity contribution >= 4 is 5.84 Å². The highest BCUT2D eigenvalue weighted by molar-refractivity contribution is 5.97. The molecule has 0 amide bonds. The van der Waals surface area contributed by atoms with Gasteiger partial charge in [-0.05, 0) is 38.5 Å². The molecule has 0 spiro atoms. The van der Waals surface area contributed by atoms with Crippen molar-refractivity contribution in [2.75, 3.05) is 0 Å². The SMILES string of the molecule is CCC(C)(C)Oc1ccc(F)cc1C(=N)N. The van der Waals surface area contributed by atoms with E-state index in [1.54, 1.807) is 0 Å². The van der Waals surface area contributed by atoms with E-state index in [1.807, 2.05) is 20.8 Å². The minimum atomic E-state index is -0.424. The van der Waals surface area contributed by atoms with Crippen molar-refractivity contribution < 1.29 is 9.13 Å². The Morgan fingerprint density at radius 3 is 2.62 bits per heavy atom. The van der Waals surface area contributed by atoms with E-state index in [9.17, 15) is 4.39 Å². The first-order valence-electron chi connectivity index (χ1n) is 5.18. The molecule has 0 bridgehead atoms. The second kappa shape index (κ2) is 4.51. The van der Waals surface area contributed by atoms with E-state index in [0.717, 1.165) is 6.42 Å². The molecule has 16 heavy (non-hydrogen) atoms. The summed E-state index contributed by atoms with van der Waals surface area (Å²) in [6.45, 7) is 5.86. The molecule has 0 saturated carbocycles. The van der Waals surface area contributed by atoms with Crippen LogP contribution in [-0.4, -0.2) is 11.4 Å². The number of benzene rings is 1. The van der Waals surface area contributed by atoms with Crippen LogP contribution in [0.15, 0.2) is 18.2 Å². The number of rotatable bonds is 4. The largest absolute Gasteiger partial charge is 0.487 e. The number of amidine groups is 1. The topological polar surface area (TPSA) is 59.1 Å². The second-order valence-electron chi connectivity index (χ2n) is 4.27. The average Bonchev–Trinajstić information content (AvgIpc) is 2.20. The number of hydrogen-bond acceptors (Lipinski definition) is 2. The van der Waals surface area contributed by atoms with Gasteiger partial charge in [0.25, 0.3) is 0 Å². The molecule has 0 aromatic heterocycles. The first-order chi connectivity index (χ1) is 7.35. The van der Waals surface area contributed by atoms with Crippen LogP contribution in [0.4, 0.5) is 4.39 Å². The monoisotopic (exact) mass is 224 g/mol. The summed E-state index contributed by atoms with van der Waals surface area (Å²) in [7, 11) is 0. The predicted molar refractivity (Wildman–Crippen MR) is 62.4 cm³/mol. The molecule has 1 aromatic carbocycles. The van der Waals surface area contributed by atoms with Gasteiger partial charge in [-0.2, -0.15) is 0 Å². The number of nitrogens with one attached hydrogen (secondary N) is 1. The fraction of sp³-hybridized carbons (Fsp3) is 0.417. The summed E-state index contributed by atoms with van der Waals surface area (Å²) in [5.41, 5.74) is 5.31. The zero-order chi connectivity index (χ0) is 12.3. The van der Waals surface area contributed by atoms with E-state index >= 15 is 0 Å². The smallest absolute Gasteiger partial charge is 0.131 e. The van der Waals surface area contributed by atoms with Crippen LogP contribution in [0, 0.1) is 11.2 Å². The van der Waals surface area contributed by atoms with Crippen LogP contribution in [-0.2, 0) is 0 Å². The van der Waals surface area contributed by atoms with Gasteiger partial charge < -0.3 is 10.5 Å². The summed E-state index contributed by atoms with van der Waals surface area (Å²) in [4.78, 5) is 0. The number of ether oxygens (including phenoxy) is 1. The molecule has 0 aliphatic rings. The van der Waals surface area contributed by atoms with Crippen molar-refractivity contribution in [3.8, 4) is 5.75 Å².